The lowest BCUT2D eigenvalue weighted by Crippen LogP contribution is -2.39. The third-order valence-electron chi connectivity index (χ3n) is 6.70. The van der Waals surface area contributed by atoms with Crippen LogP contribution in [0.1, 0.15) is 32.3 Å². The summed E-state index contributed by atoms with van der Waals surface area (Å²) in [6, 6.07) is 11.8. The van der Waals surface area contributed by atoms with Gasteiger partial charge in [-0.15, -0.1) is 0 Å². The molecule has 0 spiro atoms. The first-order valence-electron chi connectivity index (χ1n) is 12.8. The fraction of sp³-hybridized carbons (Fsp3) is 0.357. The van der Waals surface area contributed by atoms with Crippen molar-refractivity contribution < 1.29 is 14.3 Å². The monoisotopic (exact) mass is 500 g/mol. The Balaban J connectivity index is 1.21. The van der Waals surface area contributed by atoms with Crippen LogP contribution in [0.3, 0.4) is 0 Å². The molecule has 0 unspecified atom stereocenters. The minimum Gasteiger partial charge on any atom is -0.489 e. The van der Waals surface area contributed by atoms with Gasteiger partial charge in [0.15, 0.2) is 0 Å². The van der Waals surface area contributed by atoms with Gasteiger partial charge in [-0.3, -0.25) is 4.90 Å². The predicted molar refractivity (Wildman–Crippen MR) is 144 cm³/mol. The van der Waals surface area contributed by atoms with Crippen LogP contribution in [0.15, 0.2) is 61.2 Å². The minimum atomic E-state index is -0.372. The van der Waals surface area contributed by atoms with Crippen molar-refractivity contribution in [2.24, 2.45) is 0 Å². The number of pyridine rings is 1. The molecule has 3 aromatic heterocycles. The molecule has 0 N–H and O–H groups in total. The Hall–Kier alpha value is -4.14. The minimum absolute atomic E-state index is 0.140. The lowest BCUT2D eigenvalue weighted by molar-refractivity contribution is 0.161. The molecule has 192 valence electrons. The second kappa shape index (κ2) is 10.9. The summed E-state index contributed by atoms with van der Waals surface area (Å²) < 4.78 is 13.4. The van der Waals surface area contributed by atoms with Gasteiger partial charge < -0.3 is 18.9 Å². The zero-order valence-corrected chi connectivity index (χ0v) is 21.5. The van der Waals surface area contributed by atoms with E-state index in [4.69, 9.17) is 9.47 Å². The SMILES string of the molecule is CCOC(=O)N(C)c1ccc2c(ccn2-c2ccc(OC3CCN(c4ncc(CC)cn4)CC3)cn2)c1. The molecule has 9 heteroatoms. The van der Waals surface area contributed by atoms with Crippen LogP contribution in [-0.2, 0) is 11.2 Å². The van der Waals surface area contributed by atoms with Gasteiger partial charge in [-0.05, 0) is 55.3 Å². The third-order valence-corrected chi connectivity index (χ3v) is 6.70. The maximum atomic E-state index is 12.1. The maximum absolute atomic E-state index is 12.1. The molecule has 1 aliphatic heterocycles. The molecule has 9 nitrogen and oxygen atoms in total. The number of anilines is 2. The van der Waals surface area contributed by atoms with Crippen molar-refractivity contribution in [3.63, 3.8) is 0 Å². The van der Waals surface area contributed by atoms with Crippen molar-refractivity contribution in [2.45, 2.75) is 39.2 Å². The van der Waals surface area contributed by atoms with E-state index < -0.39 is 0 Å². The van der Waals surface area contributed by atoms with E-state index in [1.807, 2.05) is 59.6 Å². The summed E-state index contributed by atoms with van der Waals surface area (Å²) in [6.07, 6.45) is 10.1. The normalized spacial score (nSPS) is 14.1. The zero-order valence-electron chi connectivity index (χ0n) is 21.5. The third kappa shape index (κ3) is 5.35. The number of benzene rings is 1. The number of ether oxygens (including phenoxy) is 2. The molecule has 0 radical (unpaired) electrons. The summed E-state index contributed by atoms with van der Waals surface area (Å²) in [6.45, 7) is 5.97. The van der Waals surface area contributed by atoms with E-state index in [0.717, 1.165) is 72.0 Å². The number of hydrogen-bond acceptors (Lipinski definition) is 7. The molecule has 0 aliphatic carbocycles. The van der Waals surface area contributed by atoms with E-state index in [1.54, 1.807) is 20.2 Å². The lowest BCUT2D eigenvalue weighted by atomic mass is 10.1. The lowest BCUT2D eigenvalue weighted by Gasteiger charge is -2.32. The van der Waals surface area contributed by atoms with Gasteiger partial charge >= 0.3 is 6.09 Å². The fourth-order valence-corrected chi connectivity index (χ4v) is 4.51. The van der Waals surface area contributed by atoms with Crippen LogP contribution in [-0.4, -0.2) is 58.5 Å². The van der Waals surface area contributed by atoms with E-state index in [2.05, 4.69) is 26.8 Å². The summed E-state index contributed by atoms with van der Waals surface area (Å²) >= 11 is 0. The molecule has 4 heterocycles. The van der Waals surface area contributed by atoms with Gasteiger partial charge in [-0.25, -0.2) is 19.7 Å². The number of aromatic nitrogens is 4. The summed E-state index contributed by atoms with van der Waals surface area (Å²) in [7, 11) is 1.71. The van der Waals surface area contributed by atoms with Gasteiger partial charge in [0.05, 0.1) is 18.3 Å². The quantitative estimate of drug-likeness (QED) is 0.352. The number of rotatable bonds is 7. The molecule has 4 aromatic rings. The van der Waals surface area contributed by atoms with Crippen molar-refractivity contribution >= 4 is 28.6 Å². The molecule has 5 rings (SSSR count). The second-order valence-electron chi connectivity index (χ2n) is 9.09. The summed E-state index contributed by atoms with van der Waals surface area (Å²) in [5.74, 6) is 2.36. The number of amides is 1. The van der Waals surface area contributed by atoms with Crippen molar-refractivity contribution in [1.29, 1.82) is 0 Å². The second-order valence-corrected chi connectivity index (χ2v) is 9.09. The van der Waals surface area contributed by atoms with Crippen LogP contribution in [0, 0.1) is 0 Å². The van der Waals surface area contributed by atoms with Crippen LogP contribution in [0.5, 0.6) is 5.75 Å². The standard InChI is InChI=1S/C28H32N6O3/c1-4-20-17-30-27(31-18-20)33-13-11-23(12-14-33)37-24-7-9-26(29-19-24)34-15-10-21-16-22(6-8-25(21)34)32(3)28(35)36-5-2/h6-10,15-19,23H,4-5,11-14H2,1-3H3. The maximum Gasteiger partial charge on any atom is 0.413 e. The van der Waals surface area contributed by atoms with Crippen LogP contribution in [0.2, 0.25) is 0 Å². The summed E-state index contributed by atoms with van der Waals surface area (Å²) in [4.78, 5) is 29.4. The van der Waals surface area contributed by atoms with Crippen molar-refractivity contribution in [2.75, 3.05) is 36.5 Å². The number of fused-ring (bicyclic) bond motifs is 1. The molecule has 0 bridgehead atoms. The number of carbonyl (C=O) groups excluding carboxylic acids is 1. The number of piperidine rings is 1. The Morgan fingerprint density at radius 2 is 1.81 bits per heavy atom. The smallest absolute Gasteiger partial charge is 0.413 e. The van der Waals surface area contributed by atoms with Crippen molar-refractivity contribution in [3.8, 4) is 11.6 Å². The Morgan fingerprint density at radius 1 is 1.03 bits per heavy atom. The van der Waals surface area contributed by atoms with Gasteiger partial charge in [0.2, 0.25) is 5.95 Å². The number of aryl methyl sites for hydroxylation is 1. The first-order chi connectivity index (χ1) is 18.1. The predicted octanol–water partition coefficient (Wildman–Crippen LogP) is 5.02. The highest BCUT2D eigenvalue weighted by molar-refractivity contribution is 5.92. The van der Waals surface area contributed by atoms with Crippen LogP contribution in [0.4, 0.5) is 16.4 Å². The van der Waals surface area contributed by atoms with E-state index in [0.29, 0.717) is 6.61 Å². The highest BCUT2D eigenvalue weighted by atomic mass is 16.6. The van der Waals surface area contributed by atoms with Gasteiger partial charge in [-0.1, -0.05) is 6.92 Å². The van der Waals surface area contributed by atoms with Gasteiger partial charge in [-0.2, -0.15) is 0 Å². The van der Waals surface area contributed by atoms with Gasteiger partial charge in [0.1, 0.15) is 17.7 Å². The largest absolute Gasteiger partial charge is 0.489 e. The number of hydrogen-bond donors (Lipinski definition) is 0. The molecular formula is C28H32N6O3. The average Bonchev–Trinajstić information content (AvgIpc) is 3.37. The van der Waals surface area contributed by atoms with E-state index in [9.17, 15) is 4.79 Å². The molecule has 1 saturated heterocycles. The molecule has 1 aliphatic rings. The van der Waals surface area contributed by atoms with Crippen molar-refractivity contribution in [3.05, 3.63) is 66.7 Å². The molecule has 0 atom stereocenters. The van der Waals surface area contributed by atoms with Crippen LogP contribution < -0.4 is 14.5 Å². The zero-order chi connectivity index (χ0) is 25.8. The van der Waals surface area contributed by atoms with Crippen molar-refractivity contribution in [1.82, 2.24) is 19.5 Å². The number of carbonyl (C=O) groups is 1. The number of nitrogens with zero attached hydrogens (tertiary/aromatic N) is 6. The van der Waals surface area contributed by atoms with E-state index in [-0.39, 0.29) is 12.2 Å². The van der Waals surface area contributed by atoms with Crippen LogP contribution >= 0.6 is 0 Å². The highest BCUT2D eigenvalue weighted by Crippen LogP contribution is 2.26. The first-order valence-corrected chi connectivity index (χ1v) is 12.8. The average molecular weight is 501 g/mol. The Kier molecular flexibility index (Phi) is 7.20. The molecule has 1 amide bonds. The topological polar surface area (TPSA) is 85.6 Å². The Morgan fingerprint density at radius 3 is 2.49 bits per heavy atom. The Labute approximate surface area is 216 Å². The Bertz CT molecular complexity index is 1340. The van der Waals surface area contributed by atoms with Crippen LogP contribution in [0.25, 0.3) is 16.7 Å². The molecule has 1 fully saturated rings. The van der Waals surface area contributed by atoms with E-state index >= 15 is 0 Å². The first kappa shape index (κ1) is 24.5. The van der Waals surface area contributed by atoms with Gasteiger partial charge in [0.25, 0.3) is 0 Å². The summed E-state index contributed by atoms with van der Waals surface area (Å²) in [5.41, 5.74) is 2.93. The van der Waals surface area contributed by atoms with E-state index in [1.165, 1.54) is 4.90 Å². The summed E-state index contributed by atoms with van der Waals surface area (Å²) in [5, 5.41) is 1.01. The molecular weight excluding hydrogens is 468 g/mol. The molecule has 0 saturated carbocycles. The highest BCUT2D eigenvalue weighted by Gasteiger charge is 2.22. The molecule has 1 aromatic carbocycles. The van der Waals surface area contributed by atoms with Gasteiger partial charge in [0, 0.05) is 62.6 Å². The fourth-order valence-electron chi connectivity index (χ4n) is 4.51. The molecule has 37 heavy (non-hydrogen) atoms.